The third kappa shape index (κ3) is 4.33. The lowest BCUT2D eigenvalue weighted by atomic mass is 9.94. The fourth-order valence-corrected chi connectivity index (χ4v) is 3.49. The van der Waals surface area contributed by atoms with Crippen LogP contribution in [0.3, 0.4) is 0 Å². The van der Waals surface area contributed by atoms with E-state index >= 15 is 0 Å². The molecule has 1 aromatic heterocycles. The van der Waals surface area contributed by atoms with Gasteiger partial charge < -0.3 is 15.6 Å². The summed E-state index contributed by atoms with van der Waals surface area (Å²) in [5.74, 6) is -0.696. The van der Waals surface area contributed by atoms with Crippen molar-refractivity contribution < 1.29 is 4.79 Å². The second kappa shape index (κ2) is 7.97. The van der Waals surface area contributed by atoms with E-state index in [2.05, 4.69) is 24.1 Å². The number of benzene rings is 2. The first-order chi connectivity index (χ1) is 13.6. The van der Waals surface area contributed by atoms with Gasteiger partial charge >= 0.3 is 0 Å². The van der Waals surface area contributed by atoms with Gasteiger partial charge in [-0.05, 0) is 68.7 Å². The molecule has 29 heavy (non-hydrogen) atoms. The molecule has 2 aromatic carbocycles. The standard InChI is InChI=1S/C22H26ClN5O/c1-13-11-17-18(12-14(13)2)28(20(24)19(27-17)21(25)29)10-9-26-22(3,4)15-5-7-16(23)8-6-15/h5-8,11-12,24,26H,9-10H2,1-4H3,(H2,25,29). The van der Waals surface area contributed by atoms with Crippen LogP contribution in [0.1, 0.15) is 41.0 Å². The van der Waals surface area contributed by atoms with Gasteiger partial charge in [-0.2, -0.15) is 0 Å². The lowest BCUT2D eigenvalue weighted by molar-refractivity contribution is 0.0993. The minimum atomic E-state index is -0.696. The quantitative estimate of drug-likeness (QED) is 0.579. The molecule has 3 aromatic rings. The Morgan fingerprint density at radius 3 is 2.45 bits per heavy atom. The van der Waals surface area contributed by atoms with Crippen molar-refractivity contribution in [2.75, 3.05) is 6.54 Å². The van der Waals surface area contributed by atoms with Crippen LogP contribution in [0.5, 0.6) is 0 Å². The van der Waals surface area contributed by atoms with E-state index in [0.717, 1.165) is 22.2 Å². The monoisotopic (exact) mass is 411 g/mol. The topological polar surface area (TPSA) is 96.8 Å². The third-order valence-electron chi connectivity index (χ3n) is 5.31. The van der Waals surface area contributed by atoms with Crippen molar-refractivity contribution in [3.63, 3.8) is 0 Å². The Labute approximate surface area is 175 Å². The van der Waals surface area contributed by atoms with Crippen molar-refractivity contribution in [3.8, 4) is 0 Å². The zero-order chi connectivity index (χ0) is 21.3. The van der Waals surface area contributed by atoms with Gasteiger partial charge in [-0.3, -0.25) is 10.2 Å². The molecule has 0 radical (unpaired) electrons. The van der Waals surface area contributed by atoms with Crippen molar-refractivity contribution in [2.45, 2.75) is 39.8 Å². The summed E-state index contributed by atoms with van der Waals surface area (Å²) < 4.78 is 1.79. The minimum absolute atomic E-state index is 0.0160. The molecule has 6 nitrogen and oxygen atoms in total. The van der Waals surface area contributed by atoms with Gasteiger partial charge in [0.25, 0.3) is 5.91 Å². The number of rotatable bonds is 6. The lowest BCUT2D eigenvalue weighted by Crippen LogP contribution is -2.40. The largest absolute Gasteiger partial charge is 0.364 e. The Morgan fingerprint density at radius 2 is 1.83 bits per heavy atom. The van der Waals surface area contributed by atoms with E-state index in [1.54, 1.807) is 4.57 Å². The fraction of sp³-hybridized carbons (Fsp3) is 0.318. The molecule has 0 aliphatic carbocycles. The van der Waals surface area contributed by atoms with Gasteiger partial charge in [0.05, 0.1) is 11.0 Å². The zero-order valence-corrected chi connectivity index (χ0v) is 17.9. The zero-order valence-electron chi connectivity index (χ0n) is 17.1. The van der Waals surface area contributed by atoms with Crippen molar-refractivity contribution in [1.29, 1.82) is 5.41 Å². The fourth-order valence-electron chi connectivity index (χ4n) is 3.37. The van der Waals surface area contributed by atoms with Crippen LogP contribution in [0.4, 0.5) is 0 Å². The highest BCUT2D eigenvalue weighted by Gasteiger charge is 2.20. The van der Waals surface area contributed by atoms with Gasteiger partial charge in [0.2, 0.25) is 0 Å². The van der Waals surface area contributed by atoms with Gasteiger partial charge in [0.15, 0.2) is 11.2 Å². The molecule has 152 valence electrons. The van der Waals surface area contributed by atoms with Crippen LogP contribution in [0.2, 0.25) is 5.02 Å². The van der Waals surface area contributed by atoms with Crippen LogP contribution in [0.25, 0.3) is 11.0 Å². The molecule has 0 saturated heterocycles. The maximum atomic E-state index is 11.8. The van der Waals surface area contributed by atoms with Gasteiger partial charge in [-0.15, -0.1) is 0 Å². The van der Waals surface area contributed by atoms with Crippen molar-refractivity contribution in [3.05, 3.63) is 69.3 Å². The minimum Gasteiger partial charge on any atom is -0.364 e. The van der Waals surface area contributed by atoms with E-state index in [0.29, 0.717) is 23.6 Å². The number of carbonyl (C=O) groups excluding carboxylic acids is 1. The number of hydrogen-bond acceptors (Lipinski definition) is 4. The first-order valence-corrected chi connectivity index (χ1v) is 9.85. The van der Waals surface area contributed by atoms with E-state index in [1.807, 2.05) is 50.2 Å². The van der Waals surface area contributed by atoms with Crippen LogP contribution >= 0.6 is 11.6 Å². The highest BCUT2D eigenvalue weighted by molar-refractivity contribution is 6.30. The maximum absolute atomic E-state index is 11.8. The molecule has 0 aliphatic rings. The summed E-state index contributed by atoms with van der Waals surface area (Å²) in [6.45, 7) is 9.29. The van der Waals surface area contributed by atoms with E-state index in [9.17, 15) is 4.79 Å². The second-order valence-electron chi connectivity index (χ2n) is 7.81. The second-order valence-corrected chi connectivity index (χ2v) is 8.25. The van der Waals surface area contributed by atoms with Crippen LogP contribution in [0.15, 0.2) is 36.4 Å². The predicted molar refractivity (Wildman–Crippen MR) is 116 cm³/mol. The molecule has 0 fully saturated rings. The molecule has 4 N–H and O–H groups in total. The Bertz CT molecular complexity index is 1130. The van der Waals surface area contributed by atoms with Crippen LogP contribution in [-0.2, 0) is 12.1 Å². The molecule has 1 heterocycles. The first-order valence-electron chi connectivity index (χ1n) is 9.47. The van der Waals surface area contributed by atoms with Gasteiger partial charge in [-0.1, -0.05) is 23.7 Å². The number of hydrogen-bond donors (Lipinski definition) is 3. The van der Waals surface area contributed by atoms with E-state index in [-0.39, 0.29) is 16.7 Å². The molecule has 0 bridgehead atoms. The predicted octanol–water partition coefficient (Wildman–Crippen LogP) is 3.41. The summed E-state index contributed by atoms with van der Waals surface area (Å²) in [5.41, 5.74) is 9.97. The highest BCUT2D eigenvalue weighted by Crippen LogP contribution is 2.22. The summed E-state index contributed by atoms with van der Waals surface area (Å²) in [6.07, 6.45) is 0. The van der Waals surface area contributed by atoms with Crippen LogP contribution in [-0.4, -0.2) is 22.0 Å². The SMILES string of the molecule is Cc1cc2nc(C(N)=O)c(=N)n(CCNC(C)(C)c3ccc(Cl)cc3)c2cc1C. The number of carbonyl (C=O) groups is 1. The highest BCUT2D eigenvalue weighted by atomic mass is 35.5. The summed E-state index contributed by atoms with van der Waals surface area (Å²) in [4.78, 5) is 16.1. The molecule has 7 heteroatoms. The van der Waals surface area contributed by atoms with Gasteiger partial charge in [0, 0.05) is 23.7 Å². The summed E-state index contributed by atoms with van der Waals surface area (Å²) >= 11 is 5.99. The molecule has 0 spiro atoms. The summed E-state index contributed by atoms with van der Waals surface area (Å²) in [5, 5.41) is 12.7. The average molecular weight is 412 g/mol. The smallest absolute Gasteiger partial charge is 0.271 e. The van der Waals surface area contributed by atoms with Crippen molar-refractivity contribution in [1.82, 2.24) is 14.9 Å². The Morgan fingerprint density at radius 1 is 1.21 bits per heavy atom. The molecule has 0 saturated carbocycles. The number of nitrogens with one attached hydrogen (secondary N) is 2. The molecule has 0 atom stereocenters. The summed E-state index contributed by atoms with van der Waals surface area (Å²) in [6, 6.07) is 11.7. The molecular weight excluding hydrogens is 386 g/mol. The van der Waals surface area contributed by atoms with Gasteiger partial charge in [0.1, 0.15) is 0 Å². The Balaban J connectivity index is 1.93. The van der Waals surface area contributed by atoms with Crippen LogP contribution < -0.4 is 16.5 Å². The molecule has 3 rings (SSSR count). The lowest BCUT2D eigenvalue weighted by Gasteiger charge is -2.27. The third-order valence-corrected chi connectivity index (χ3v) is 5.56. The maximum Gasteiger partial charge on any atom is 0.271 e. The number of aromatic nitrogens is 2. The normalized spacial score (nSPS) is 11.8. The number of nitrogens with zero attached hydrogens (tertiary/aromatic N) is 2. The Kier molecular flexibility index (Phi) is 5.78. The number of amides is 1. The van der Waals surface area contributed by atoms with Crippen molar-refractivity contribution in [2.24, 2.45) is 5.73 Å². The molecular formula is C22H26ClN5O. The van der Waals surface area contributed by atoms with Gasteiger partial charge in [-0.25, -0.2) is 4.98 Å². The molecule has 0 aliphatic heterocycles. The number of aryl methyl sites for hydroxylation is 2. The van der Waals surface area contributed by atoms with E-state index in [4.69, 9.17) is 22.7 Å². The van der Waals surface area contributed by atoms with Crippen molar-refractivity contribution >= 4 is 28.5 Å². The number of halogens is 1. The molecule has 1 amide bonds. The molecule has 0 unspecified atom stereocenters. The number of fused-ring (bicyclic) bond motifs is 1. The van der Waals surface area contributed by atoms with E-state index in [1.165, 1.54) is 0 Å². The Hall–Kier alpha value is -2.70. The van der Waals surface area contributed by atoms with E-state index < -0.39 is 5.91 Å². The number of nitrogens with two attached hydrogens (primary N) is 1. The average Bonchev–Trinajstić information content (AvgIpc) is 2.65. The van der Waals surface area contributed by atoms with Crippen LogP contribution in [0, 0.1) is 19.3 Å². The summed E-state index contributed by atoms with van der Waals surface area (Å²) in [7, 11) is 0. The first kappa shape index (κ1) is 21.0. The number of primary amides is 1.